The highest BCUT2D eigenvalue weighted by Gasteiger charge is 2.18. The molecule has 0 saturated carbocycles. The van der Waals surface area contributed by atoms with E-state index in [-0.39, 0.29) is 5.91 Å². The third-order valence-corrected chi connectivity index (χ3v) is 5.40. The number of hydrogen-bond donors (Lipinski definition) is 1. The second-order valence-corrected chi connectivity index (χ2v) is 7.27. The van der Waals surface area contributed by atoms with Gasteiger partial charge in [-0.15, -0.1) is 0 Å². The lowest BCUT2D eigenvalue weighted by atomic mass is 10.2. The van der Waals surface area contributed by atoms with Crippen LogP contribution in [0.15, 0.2) is 69.1 Å². The van der Waals surface area contributed by atoms with Crippen LogP contribution in [-0.2, 0) is 0 Å². The Hall–Kier alpha value is -2.44. The van der Waals surface area contributed by atoms with Crippen LogP contribution in [0, 0.1) is 0 Å². The number of amides is 1. The maximum atomic E-state index is 12.5. The van der Waals surface area contributed by atoms with E-state index in [0.29, 0.717) is 36.0 Å². The Labute approximate surface area is 153 Å². The van der Waals surface area contributed by atoms with Gasteiger partial charge in [-0.05, 0) is 23.6 Å². The normalized spacial score (nSPS) is 12.6. The van der Waals surface area contributed by atoms with Crippen LogP contribution in [-0.4, -0.2) is 19.1 Å². The van der Waals surface area contributed by atoms with E-state index in [1.54, 1.807) is 11.8 Å². The van der Waals surface area contributed by atoms with Crippen LogP contribution in [0.5, 0.6) is 11.5 Å². The highest BCUT2D eigenvalue weighted by Crippen LogP contribution is 2.42. The molecule has 126 valence electrons. The number of anilines is 1. The summed E-state index contributed by atoms with van der Waals surface area (Å²) in [5, 5.41) is 6.71. The summed E-state index contributed by atoms with van der Waals surface area (Å²) in [7, 11) is 0. The zero-order valence-corrected chi connectivity index (χ0v) is 14.9. The van der Waals surface area contributed by atoms with Crippen LogP contribution >= 0.6 is 23.1 Å². The molecule has 2 heterocycles. The van der Waals surface area contributed by atoms with E-state index in [9.17, 15) is 4.79 Å². The molecule has 0 radical (unpaired) electrons. The van der Waals surface area contributed by atoms with Gasteiger partial charge in [-0.25, -0.2) is 0 Å². The van der Waals surface area contributed by atoms with Crippen molar-refractivity contribution < 1.29 is 14.3 Å². The Bertz CT molecular complexity index is 879. The van der Waals surface area contributed by atoms with Gasteiger partial charge in [0.2, 0.25) is 0 Å². The molecule has 3 aromatic rings. The quantitative estimate of drug-likeness (QED) is 0.709. The second kappa shape index (κ2) is 7.21. The summed E-state index contributed by atoms with van der Waals surface area (Å²) in [5.41, 5.74) is 1.37. The van der Waals surface area contributed by atoms with Gasteiger partial charge in [-0.2, -0.15) is 11.3 Å². The van der Waals surface area contributed by atoms with Gasteiger partial charge in [-0.1, -0.05) is 30.0 Å². The van der Waals surface area contributed by atoms with Crippen molar-refractivity contribution in [2.24, 2.45) is 0 Å². The topological polar surface area (TPSA) is 47.6 Å². The van der Waals surface area contributed by atoms with Gasteiger partial charge in [0.1, 0.15) is 13.2 Å². The Morgan fingerprint density at radius 2 is 1.80 bits per heavy atom. The summed E-state index contributed by atoms with van der Waals surface area (Å²) >= 11 is 3.08. The molecule has 1 N–H and O–H groups in total. The van der Waals surface area contributed by atoms with Crippen molar-refractivity contribution in [3.63, 3.8) is 0 Å². The van der Waals surface area contributed by atoms with Crippen LogP contribution in [0.4, 0.5) is 5.69 Å². The van der Waals surface area contributed by atoms with Crippen molar-refractivity contribution in [3.8, 4) is 11.5 Å². The van der Waals surface area contributed by atoms with E-state index in [1.807, 2.05) is 59.3 Å². The number of hydrogen-bond acceptors (Lipinski definition) is 5. The van der Waals surface area contributed by atoms with Crippen molar-refractivity contribution in [3.05, 3.63) is 64.9 Å². The molecule has 4 rings (SSSR count). The van der Waals surface area contributed by atoms with Crippen molar-refractivity contribution in [2.75, 3.05) is 18.5 Å². The summed E-state index contributed by atoms with van der Waals surface area (Å²) in [6.45, 7) is 1.04. The lowest BCUT2D eigenvalue weighted by Crippen LogP contribution is -2.17. The average Bonchev–Trinajstić information content (AvgIpc) is 3.18. The first-order chi connectivity index (χ1) is 12.3. The molecule has 0 bridgehead atoms. The maximum Gasteiger partial charge on any atom is 0.256 e. The fraction of sp³-hybridized carbons (Fsp3) is 0.105. The third kappa shape index (κ3) is 3.65. The molecular formula is C19H15NO3S2. The molecule has 0 spiro atoms. The Morgan fingerprint density at radius 1 is 1.04 bits per heavy atom. The summed E-state index contributed by atoms with van der Waals surface area (Å²) in [6, 6.07) is 15.6. The van der Waals surface area contributed by atoms with Gasteiger partial charge in [0.15, 0.2) is 11.5 Å². The van der Waals surface area contributed by atoms with Crippen LogP contribution in [0.2, 0.25) is 0 Å². The molecule has 25 heavy (non-hydrogen) atoms. The van der Waals surface area contributed by atoms with Gasteiger partial charge >= 0.3 is 0 Å². The molecule has 0 fully saturated rings. The largest absolute Gasteiger partial charge is 0.486 e. The fourth-order valence-electron chi connectivity index (χ4n) is 2.46. The van der Waals surface area contributed by atoms with Crippen LogP contribution in [0.25, 0.3) is 0 Å². The van der Waals surface area contributed by atoms with Gasteiger partial charge < -0.3 is 14.8 Å². The number of benzene rings is 2. The van der Waals surface area contributed by atoms with Crippen LogP contribution in [0.1, 0.15) is 10.4 Å². The van der Waals surface area contributed by atoms with E-state index in [4.69, 9.17) is 9.47 Å². The van der Waals surface area contributed by atoms with E-state index >= 15 is 0 Å². The van der Waals surface area contributed by atoms with Crippen LogP contribution < -0.4 is 14.8 Å². The first-order valence-corrected chi connectivity index (χ1v) is 9.55. The minimum atomic E-state index is -0.132. The Balaban J connectivity index is 1.68. The molecule has 0 aliphatic carbocycles. The third-order valence-electron chi connectivity index (χ3n) is 3.65. The molecule has 0 atom stereocenters. The van der Waals surface area contributed by atoms with Crippen LogP contribution in [0.3, 0.4) is 0 Å². The van der Waals surface area contributed by atoms with E-state index in [1.165, 1.54) is 11.3 Å². The number of ether oxygens (including phenoxy) is 2. The van der Waals surface area contributed by atoms with Gasteiger partial charge in [0.25, 0.3) is 5.91 Å². The fourth-order valence-corrected chi connectivity index (χ4v) is 4.02. The summed E-state index contributed by atoms with van der Waals surface area (Å²) in [6.07, 6.45) is 0. The number of carbonyl (C=O) groups excluding carboxylic acids is 1. The van der Waals surface area contributed by atoms with Gasteiger partial charge in [-0.3, -0.25) is 4.79 Å². The van der Waals surface area contributed by atoms with Crippen molar-refractivity contribution in [2.45, 2.75) is 9.79 Å². The van der Waals surface area contributed by atoms with Crippen molar-refractivity contribution in [1.82, 2.24) is 0 Å². The van der Waals surface area contributed by atoms with E-state index < -0.39 is 0 Å². The molecular weight excluding hydrogens is 354 g/mol. The van der Waals surface area contributed by atoms with Crippen molar-refractivity contribution >= 4 is 34.7 Å². The standard InChI is InChI=1S/C19H15NO3S2/c21-19(13-6-9-24-12-13)20-15-10-16-17(23-8-7-22-16)11-18(15)25-14-4-2-1-3-5-14/h1-6,9-12H,7-8H2,(H,20,21). The molecule has 0 saturated heterocycles. The summed E-state index contributed by atoms with van der Waals surface area (Å²) < 4.78 is 11.3. The molecule has 6 heteroatoms. The van der Waals surface area contributed by atoms with Gasteiger partial charge in [0.05, 0.1) is 11.3 Å². The molecule has 1 aliphatic heterocycles. The number of rotatable bonds is 4. The van der Waals surface area contributed by atoms with Crippen molar-refractivity contribution in [1.29, 1.82) is 0 Å². The maximum absolute atomic E-state index is 12.5. The molecule has 1 aromatic heterocycles. The molecule has 4 nitrogen and oxygen atoms in total. The predicted octanol–water partition coefficient (Wildman–Crippen LogP) is 4.92. The minimum Gasteiger partial charge on any atom is -0.486 e. The average molecular weight is 369 g/mol. The predicted molar refractivity (Wildman–Crippen MR) is 100 cm³/mol. The monoisotopic (exact) mass is 369 g/mol. The summed E-state index contributed by atoms with van der Waals surface area (Å²) in [4.78, 5) is 14.5. The molecule has 2 aromatic carbocycles. The van der Waals surface area contributed by atoms with Gasteiger partial charge in [0, 0.05) is 27.3 Å². The number of carbonyl (C=O) groups is 1. The molecule has 1 amide bonds. The number of nitrogens with one attached hydrogen (secondary N) is 1. The van der Waals surface area contributed by atoms with E-state index in [2.05, 4.69) is 5.32 Å². The van der Waals surface area contributed by atoms with E-state index in [0.717, 1.165) is 9.79 Å². The zero-order chi connectivity index (χ0) is 17.1. The first-order valence-electron chi connectivity index (χ1n) is 7.80. The lowest BCUT2D eigenvalue weighted by Gasteiger charge is -2.21. The SMILES string of the molecule is O=C(Nc1cc2c(cc1Sc1ccccc1)OCCO2)c1ccsc1. The lowest BCUT2D eigenvalue weighted by molar-refractivity contribution is 0.102. The second-order valence-electron chi connectivity index (χ2n) is 5.37. The molecule has 1 aliphatic rings. The summed E-state index contributed by atoms with van der Waals surface area (Å²) in [5.74, 6) is 1.23. The number of thiophene rings is 1. The zero-order valence-electron chi connectivity index (χ0n) is 13.2. The Morgan fingerprint density at radius 3 is 2.52 bits per heavy atom. The smallest absolute Gasteiger partial charge is 0.256 e. The minimum absolute atomic E-state index is 0.132. The highest BCUT2D eigenvalue weighted by molar-refractivity contribution is 7.99. The highest BCUT2D eigenvalue weighted by atomic mass is 32.2. The first kappa shape index (κ1) is 16.1. The number of fused-ring (bicyclic) bond motifs is 1. The molecule has 0 unspecified atom stereocenters. The Kier molecular flexibility index (Phi) is 4.63.